The molecule has 1 fully saturated rings. The van der Waals surface area contributed by atoms with Crippen molar-refractivity contribution in [2.45, 2.75) is 38.6 Å². The molecule has 1 aliphatic rings. The van der Waals surface area contributed by atoms with Gasteiger partial charge in [0.15, 0.2) is 0 Å². The van der Waals surface area contributed by atoms with Crippen LogP contribution in [0.25, 0.3) is 0 Å². The number of likely N-dealkylation sites (tertiary alicyclic amines) is 1. The first-order valence-electron chi connectivity index (χ1n) is 8.04. The molecule has 1 aromatic carbocycles. The second-order valence-electron chi connectivity index (χ2n) is 5.45. The molecule has 0 aromatic heterocycles. The first kappa shape index (κ1) is 16.1. The minimum atomic E-state index is 0.299. The van der Waals surface area contributed by atoms with Crippen molar-refractivity contribution >= 4 is 0 Å². The van der Waals surface area contributed by atoms with Gasteiger partial charge in [0, 0.05) is 19.2 Å². The van der Waals surface area contributed by atoms with E-state index in [2.05, 4.69) is 4.90 Å². The molecule has 0 radical (unpaired) electrons. The summed E-state index contributed by atoms with van der Waals surface area (Å²) in [4.78, 5) is 2.49. The van der Waals surface area contributed by atoms with Gasteiger partial charge in [-0.25, -0.2) is 0 Å². The minimum absolute atomic E-state index is 0.299. The molecule has 0 spiro atoms. The lowest BCUT2D eigenvalue weighted by molar-refractivity contribution is 0.180. The quantitative estimate of drug-likeness (QED) is 0.760. The number of rotatable bonds is 9. The van der Waals surface area contributed by atoms with E-state index in [1.807, 2.05) is 31.2 Å². The van der Waals surface area contributed by atoms with Crippen LogP contribution < -0.4 is 9.47 Å². The van der Waals surface area contributed by atoms with Gasteiger partial charge < -0.3 is 14.6 Å². The molecule has 4 heteroatoms. The molecule has 2 rings (SSSR count). The zero-order chi connectivity index (χ0) is 14.9. The van der Waals surface area contributed by atoms with E-state index < -0.39 is 0 Å². The van der Waals surface area contributed by atoms with Crippen LogP contribution in [0.3, 0.4) is 0 Å². The summed E-state index contributed by atoms with van der Waals surface area (Å²) in [6, 6.07) is 8.43. The summed E-state index contributed by atoms with van der Waals surface area (Å²) in [5.74, 6) is 1.78. The summed E-state index contributed by atoms with van der Waals surface area (Å²) in [5, 5.41) is 8.94. The average molecular weight is 293 g/mol. The van der Waals surface area contributed by atoms with Crippen LogP contribution in [-0.2, 0) is 0 Å². The fourth-order valence-electron chi connectivity index (χ4n) is 2.92. The highest BCUT2D eigenvalue weighted by Crippen LogP contribution is 2.21. The molecule has 0 bridgehead atoms. The van der Waals surface area contributed by atoms with Crippen LogP contribution in [-0.4, -0.2) is 49.0 Å². The zero-order valence-electron chi connectivity index (χ0n) is 13.0. The maximum absolute atomic E-state index is 8.94. The molecule has 1 N–H and O–H groups in total. The van der Waals surface area contributed by atoms with E-state index in [4.69, 9.17) is 14.6 Å². The van der Waals surface area contributed by atoms with Gasteiger partial charge in [-0.3, -0.25) is 4.90 Å². The third-order valence-corrected chi connectivity index (χ3v) is 3.98. The van der Waals surface area contributed by atoms with E-state index in [-0.39, 0.29) is 0 Å². The number of hydrogen-bond donors (Lipinski definition) is 1. The van der Waals surface area contributed by atoms with Crippen molar-refractivity contribution in [3.63, 3.8) is 0 Å². The number of benzene rings is 1. The highest BCUT2D eigenvalue weighted by molar-refractivity contribution is 5.31. The summed E-state index contributed by atoms with van der Waals surface area (Å²) < 4.78 is 11.2. The standard InChI is InChI=1S/C17H27NO3/c1-2-20-16-7-9-17(10-8-16)21-14-12-18-11-3-5-15(18)6-4-13-19/h7-10,15,19H,2-6,11-14H2,1H3. The number of aliphatic hydroxyl groups excluding tert-OH is 1. The molecule has 0 saturated carbocycles. The van der Waals surface area contributed by atoms with Crippen LogP contribution in [0.5, 0.6) is 11.5 Å². The van der Waals surface area contributed by atoms with E-state index in [1.165, 1.54) is 12.8 Å². The van der Waals surface area contributed by atoms with E-state index in [1.54, 1.807) is 0 Å². The molecule has 0 amide bonds. The van der Waals surface area contributed by atoms with Gasteiger partial charge in [-0.2, -0.15) is 0 Å². The summed E-state index contributed by atoms with van der Waals surface area (Å²) in [5.41, 5.74) is 0. The molecule has 21 heavy (non-hydrogen) atoms. The normalized spacial score (nSPS) is 18.9. The molecular weight excluding hydrogens is 266 g/mol. The summed E-state index contributed by atoms with van der Waals surface area (Å²) in [7, 11) is 0. The second kappa shape index (κ2) is 8.90. The number of hydrogen-bond acceptors (Lipinski definition) is 4. The Labute approximate surface area is 127 Å². The Bertz CT molecular complexity index is 394. The van der Waals surface area contributed by atoms with Gasteiger partial charge in [-0.15, -0.1) is 0 Å². The van der Waals surface area contributed by atoms with Gasteiger partial charge in [-0.05, 0) is 63.4 Å². The summed E-state index contributed by atoms with van der Waals surface area (Å²) in [6.45, 7) is 5.79. The van der Waals surface area contributed by atoms with Crippen molar-refractivity contribution < 1.29 is 14.6 Å². The van der Waals surface area contributed by atoms with Gasteiger partial charge >= 0.3 is 0 Å². The van der Waals surface area contributed by atoms with Crippen molar-refractivity contribution in [3.05, 3.63) is 24.3 Å². The molecule has 1 aliphatic heterocycles. The van der Waals surface area contributed by atoms with Crippen LogP contribution in [0.4, 0.5) is 0 Å². The van der Waals surface area contributed by atoms with Gasteiger partial charge in [0.25, 0.3) is 0 Å². The molecule has 0 aliphatic carbocycles. The van der Waals surface area contributed by atoms with Crippen LogP contribution in [0.1, 0.15) is 32.6 Å². The lowest BCUT2D eigenvalue weighted by atomic mass is 10.1. The van der Waals surface area contributed by atoms with E-state index in [0.29, 0.717) is 25.9 Å². The fraction of sp³-hybridized carbons (Fsp3) is 0.647. The van der Waals surface area contributed by atoms with Crippen molar-refractivity contribution in [1.82, 2.24) is 4.90 Å². The van der Waals surface area contributed by atoms with Crippen LogP contribution >= 0.6 is 0 Å². The van der Waals surface area contributed by atoms with Crippen molar-refractivity contribution in [3.8, 4) is 11.5 Å². The van der Waals surface area contributed by atoms with E-state index >= 15 is 0 Å². The molecule has 1 aromatic rings. The van der Waals surface area contributed by atoms with Gasteiger partial charge in [-0.1, -0.05) is 0 Å². The second-order valence-corrected chi connectivity index (χ2v) is 5.45. The lowest BCUT2D eigenvalue weighted by Gasteiger charge is -2.24. The van der Waals surface area contributed by atoms with Gasteiger partial charge in [0.2, 0.25) is 0 Å². The zero-order valence-corrected chi connectivity index (χ0v) is 13.0. The summed E-state index contributed by atoms with van der Waals surface area (Å²) in [6.07, 6.45) is 4.52. The molecule has 4 nitrogen and oxygen atoms in total. The molecule has 1 unspecified atom stereocenters. The lowest BCUT2D eigenvalue weighted by Crippen LogP contribution is -2.33. The Hall–Kier alpha value is -1.26. The van der Waals surface area contributed by atoms with Gasteiger partial charge in [0.1, 0.15) is 18.1 Å². The Morgan fingerprint density at radius 2 is 1.90 bits per heavy atom. The Morgan fingerprint density at radius 1 is 1.19 bits per heavy atom. The number of ether oxygens (including phenoxy) is 2. The Kier molecular flexibility index (Phi) is 6.83. The number of nitrogens with zero attached hydrogens (tertiary/aromatic N) is 1. The molecular formula is C17H27NO3. The Morgan fingerprint density at radius 3 is 2.57 bits per heavy atom. The van der Waals surface area contributed by atoms with Crippen molar-refractivity contribution in [2.24, 2.45) is 0 Å². The highest BCUT2D eigenvalue weighted by Gasteiger charge is 2.23. The molecule has 1 heterocycles. The topological polar surface area (TPSA) is 41.9 Å². The third-order valence-electron chi connectivity index (χ3n) is 3.98. The predicted octanol–water partition coefficient (Wildman–Crippen LogP) is 2.70. The maximum atomic E-state index is 8.94. The average Bonchev–Trinajstić information content (AvgIpc) is 2.95. The van der Waals surface area contributed by atoms with Crippen molar-refractivity contribution in [1.29, 1.82) is 0 Å². The van der Waals surface area contributed by atoms with Crippen LogP contribution in [0.15, 0.2) is 24.3 Å². The first-order chi connectivity index (χ1) is 10.3. The minimum Gasteiger partial charge on any atom is -0.494 e. The molecule has 118 valence electrons. The molecule has 1 atom stereocenters. The smallest absolute Gasteiger partial charge is 0.119 e. The Balaban J connectivity index is 1.70. The third kappa shape index (κ3) is 5.21. The van der Waals surface area contributed by atoms with E-state index in [9.17, 15) is 0 Å². The van der Waals surface area contributed by atoms with Crippen molar-refractivity contribution in [2.75, 3.05) is 32.9 Å². The SMILES string of the molecule is CCOc1ccc(OCCN2CCCC2CCCO)cc1. The maximum Gasteiger partial charge on any atom is 0.119 e. The van der Waals surface area contributed by atoms with Crippen LogP contribution in [0, 0.1) is 0 Å². The number of aliphatic hydroxyl groups is 1. The first-order valence-corrected chi connectivity index (χ1v) is 8.04. The largest absolute Gasteiger partial charge is 0.494 e. The predicted molar refractivity (Wildman–Crippen MR) is 84.0 cm³/mol. The molecule has 1 saturated heterocycles. The van der Waals surface area contributed by atoms with Gasteiger partial charge in [0.05, 0.1) is 6.61 Å². The van der Waals surface area contributed by atoms with Crippen LogP contribution in [0.2, 0.25) is 0 Å². The monoisotopic (exact) mass is 293 g/mol. The van der Waals surface area contributed by atoms with E-state index in [0.717, 1.165) is 37.4 Å². The fourth-order valence-corrected chi connectivity index (χ4v) is 2.92. The summed E-state index contributed by atoms with van der Waals surface area (Å²) >= 11 is 0. The highest BCUT2D eigenvalue weighted by atomic mass is 16.5.